The van der Waals surface area contributed by atoms with Crippen molar-refractivity contribution in [2.24, 2.45) is 0 Å². The third-order valence-electron chi connectivity index (χ3n) is 2.07. The number of hydrogen-bond acceptors (Lipinski definition) is 4. The Hall–Kier alpha value is -1.06. The standard InChI is InChI=1S/C10H9F3INO3/c1-5-6(3-8(16)17-2)9(7(14)4-15-5)18-10(11,12)13/h4H,3H2,1-2H3. The van der Waals surface area contributed by atoms with Crippen molar-refractivity contribution in [3.8, 4) is 5.75 Å². The topological polar surface area (TPSA) is 48.4 Å². The first-order valence-corrected chi connectivity index (χ1v) is 5.79. The zero-order valence-electron chi connectivity index (χ0n) is 9.47. The summed E-state index contributed by atoms with van der Waals surface area (Å²) in [6, 6.07) is 0. The second-order valence-electron chi connectivity index (χ2n) is 3.30. The van der Waals surface area contributed by atoms with E-state index in [0.29, 0.717) is 5.69 Å². The van der Waals surface area contributed by atoms with Crippen LogP contribution in [0.15, 0.2) is 6.20 Å². The molecule has 4 nitrogen and oxygen atoms in total. The van der Waals surface area contributed by atoms with E-state index >= 15 is 0 Å². The van der Waals surface area contributed by atoms with Gasteiger partial charge in [-0.25, -0.2) is 0 Å². The summed E-state index contributed by atoms with van der Waals surface area (Å²) >= 11 is 1.66. The van der Waals surface area contributed by atoms with Crippen molar-refractivity contribution >= 4 is 28.6 Å². The molecule has 0 bridgehead atoms. The summed E-state index contributed by atoms with van der Waals surface area (Å²) in [6.07, 6.45) is -3.89. The van der Waals surface area contributed by atoms with Crippen LogP contribution in [0, 0.1) is 10.5 Å². The molecule has 18 heavy (non-hydrogen) atoms. The highest BCUT2D eigenvalue weighted by Gasteiger charge is 2.34. The van der Waals surface area contributed by atoms with Crippen LogP contribution in [-0.4, -0.2) is 24.4 Å². The lowest BCUT2D eigenvalue weighted by Gasteiger charge is -2.15. The van der Waals surface area contributed by atoms with E-state index in [0.717, 1.165) is 7.11 Å². The van der Waals surface area contributed by atoms with Gasteiger partial charge in [0.15, 0.2) is 0 Å². The van der Waals surface area contributed by atoms with Crippen molar-refractivity contribution < 1.29 is 27.4 Å². The van der Waals surface area contributed by atoms with Crippen LogP contribution < -0.4 is 4.74 Å². The van der Waals surface area contributed by atoms with Gasteiger partial charge in [-0.15, -0.1) is 13.2 Å². The molecule has 0 saturated carbocycles. The van der Waals surface area contributed by atoms with Crippen LogP contribution in [0.3, 0.4) is 0 Å². The van der Waals surface area contributed by atoms with E-state index in [1.54, 1.807) is 22.6 Å². The normalized spacial score (nSPS) is 11.2. The summed E-state index contributed by atoms with van der Waals surface area (Å²) in [5, 5.41) is 0. The van der Waals surface area contributed by atoms with Crippen LogP contribution in [0.1, 0.15) is 11.3 Å². The average molecular weight is 375 g/mol. The quantitative estimate of drug-likeness (QED) is 0.602. The molecule has 8 heteroatoms. The van der Waals surface area contributed by atoms with Gasteiger partial charge in [0.2, 0.25) is 0 Å². The number of nitrogens with zero attached hydrogens (tertiary/aromatic N) is 1. The molecule has 0 aliphatic carbocycles. The molecule has 1 heterocycles. The molecule has 1 aromatic rings. The summed E-state index contributed by atoms with van der Waals surface area (Å²) in [4.78, 5) is 15.1. The molecule has 0 spiro atoms. The SMILES string of the molecule is COC(=O)Cc1c(C)ncc(I)c1OC(F)(F)F. The van der Waals surface area contributed by atoms with Gasteiger partial charge in [0.05, 0.1) is 17.1 Å². The number of halogens is 4. The third kappa shape index (κ3) is 4.00. The van der Waals surface area contributed by atoms with Crippen molar-refractivity contribution in [3.63, 3.8) is 0 Å². The molecular formula is C10H9F3INO3. The predicted molar refractivity (Wildman–Crippen MR) is 64.1 cm³/mol. The fraction of sp³-hybridized carbons (Fsp3) is 0.400. The predicted octanol–water partition coefficient (Wildman–Crippen LogP) is 2.61. The molecular weight excluding hydrogens is 366 g/mol. The number of aromatic nitrogens is 1. The van der Waals surface area contributed by atoms with E-state index in [4.69, 9.17) is 0 Å². The number of ether oxygens (including phenoxy) is 2. The summed E-state index contributed by atoms with van der Waals surface area (Å²) < 4.78 is 45.4. The van der Waals surface area contributed by atoms with Crippen LogP contribution in [-0.2, 0) is 16.0 Å². The van der Waals surface area contributed by atoms with Gasteiger partial charge in [0.25, 0.3) is 0 Å². The number of carbonyl (C=O) groups excluding carboxylic acids is 1. The van der Waals surface area contributed by atoms with E-state index in [1.165, 1.54) is 13.1 Å². The number of pyridine rings is 1. The summed E-state index contributed by atoms with van der Waals surface area (Å²) in [5.74, 6) is -1.06. The van der Waals surface area contributed by atoms with E-state index in [1.807, 2.05) is 0 Å². The average Bonchev–Trinajstić information content (AvgIpc) is 2.26. The number of methoxy groups -OCH3 is 1. The zero-order chi connectivity index (χ0) is 13.9. The zero-order valence-corrected chi connectivity index (χ0v) is 11.6. The van der Waals surface area contributed by atoms with Gasteiger partial charge in [-0.05, 0) is 29.5 Å². The molecule has 0 fully saturated rings. The van der Waals surface area contributed by atoms with Crippen LogP contribution >= 0.6 is 22.6 Å². The molecule has 0 saturated heterocycles. The lowest BCUT2D eigenvalue weighted by atomic mass is 10.1. The monoisotopic (exact) mass is 375 g/mol. The third-order valence-corrected chi connectivity index (χ3v) is 2.83. The van der Waals surface area contributed by atoms with Gasteiger partial charge in [-0.3, -0.25) is 9.78 Å². The molecule has 1 aromatic heterocycles. The molecule has 100 valence electrons. The Labute approximate surface area is 115 Å². The van der Waals surface area contributed by atoms with Gasteiger partial charge < -0.3 is 9.47 Å². The van der Waals surface area contributed by atoms with E-state index in [-0.39, 0.29) is 15.6 Å². The van der Waals surface area contributed by atoms with Crippen LogP contribution in [0.4, 0.5) is 13.2 Å². The molecule has 1 rings (SSSR count). The van der Waals surface area contributed by atoms with Gasteiger partial charge >= 0.3 is 12.3 Å². The van der Waals surface area contributed by atoms with Gasteiger partial charge in [0, 0.05) is 17.5 Å². The Morgan fingerprint density at radius 1 is 1.50 bits per heavy atom. The first-order valence-electron chi connectivity index (χ1n) is 4.71. The Balaban J connectivity index is 3.20. The minimum atomic E-state index is -4.82. The molecule has 0 N–H and O–H groups in total. The van der Waals surface area contributed by atoms with E-state index in [2.05, 4.69) is 14.5 Å². The first kappa shape index (κ1) is 15.0. The molecule has 0 unspecified atom stereocenters. The highest BCUT2D eigenvalue weighted by molar-refractivity contribution is 14.1. The highest BCUT2D eigenvalue weighted by atomic mass is 127. The summed E-state index contributed by atoms with van der Waals surface area (Å²) in [5.41, 5.74) is 0.367. The number of alkyl halides is 3. The number of carbonyl (C=O) groups is 1. The minimum absolute atomic E-state index is 0.0751. The Bertz CT molecular complexity index is 462. The van der Waals surface area contributed by atoms with Crippen molar-refractivity contribution in [2.75, 3.05) is 7.11 Å². The summed E-state index contributed by atoms with van der Waals surface area (Å²) in [6.45, 7) is 1.50. The Morgan fingerprint density at radius 3 is 2.61 bits per heavy atom. The maximum atomic E-state index is 12.3. The fourth-order valence-corrected chi connectivity index (χ4v) is 1.82. The highest BCUT2D eigenvalue weighted by Crippen LogP contribution is 2.32. The van der Waals surface area contributed by atoms with E-state index in [9.17, 15) is 18.0 Å². The van der Waals surface area contributed by atoms with Crippen LogP contribution in [0.25, 0.3) is 0 Å². The lowest BCUT2D eigenvalue weighted by Crippen LogP contribution is -2.20. The lowest BCUT2D eigenvalue weighted by molar-refractivity contribution is -0.275. The smallest absolute Gasteiger partial charge is 0.469 e. The number of esters is 1. The molecule has 0 amide bonds. The van der Waals surface area contributed by atoms with Gasteiger partial charge in [0.1, 0.15) is 5.75 Å². The van der Waals surface area contributed by atoms with Gasteiger partial charge in [-0.2, -0.15) is 0 Å². The molecule has 0 aliphatic heterocycles. The van der Waals surface area contributed by atoms with Crippen molar-refractivity contribution in [1.29, 1.82) is 0 Å². The fourth-order valence-electron chi connectivity index (χ4n) is 1.25. The molecule has 0 radical (unpaired) electrons. The first-order chi connectivity index (χ1) is 8.24. The number of rotatable bonds is 3. The molecule has 0 aromatic carbocycles. The number of hydrogen-bond donors (Lipinski definition) is 0. The van der Waals surface area contributed by atoms with Crippen molar-refractivity contribution in [2.45, 2.75) is 19.7 Å². The van der Waals surface area contributed by atoms with Crippen LogP contribution in [0.2, 0.25) is 0 Å². The molecule has 0 atom stereocenters. The maximum absolute atomic E-state index is 12.3. The number of aryl methyl sites for hydroxylation is 1. The summed E-state index contributed by atoms with van der Waals surface area (Å²) in [7, 11) is 1.16. The second-order valence-corrected chi connectivity index (χ2v) is 4.46. The van der Waals surface area contributed by atoms with Crippen molar-refractivity contribution in [3.05, 3.63) is 21.0 Å². The second kappa shape index (κ2) is 5.72. The maximum Gasteiger partial charge on any atom is 0.573 e. The van der Waals surface area contributed by atoms with E-state index < -0.39 is 18.1 Å². The van der Waals surface area contributed by atoms with Crippen LogP contribution in [0.5, 0.6) is 5.75 Å². The van der Waals surface area contributed by atoms with Gasteiger partial charge in [-0.1, -0.05) is 0 Å². The molecule has 0 aliphatic rings. The van der Waals surface area contributed by atoms with Crippen molar-refractivity contribution in [1.82, 2.24) is 4.98 Å². The largest absolute Gasteiger partial charge is 0.573 e. The minimum Gasteiger partial charge on any atom is -0.469 e. The Morgan fingerprint density at radius 2 is 2.11 bits per heavy atom. The Kier molecular flexibility index (Phi) is 4.77.